The van der Waals surface area contributed by atoms with Gasteiger partial charge in [0.15, 0.2) is 0 Å². The van der Waals surface area contributed by atoms with E-state index >= 15 is 0 Å². The number of hydrogen-bond acceptors (Lipinski definition) is 2. The van der Waals surface area contributed by atoms with Gasteiger partial charge >= 0.3 is 0 Å². The Bertz CT molecular complexity index is 364. The van der Waals surface area contributed by atoms with E-state index < -0.39 is 5.54 Å². The Morgan fingerprint density at radius 2 is 1.93 bits per heavy atom. The second kappa shape index (κ2) is 4.60. The molecule has 1 rings (SSSR count). The molecule has 15 heavy (non-hydrogen) atoms. The van der Waals surface area contributed by atoms with Crippen molar-refractivity contribution >= 4 is 23.2 Å². The summed E-state index contributed by atoms with van der Waals surface area (Å²) in [4.78, 5) is 0. The van der Waals surface area contributed by atoms with Crippen LogP contribution in [0.3, 0.4) is 0 Å². The van der Waals surface area contributed by atoms with E-state index in [0.29, 0.717) is 15.8 Å². The second-order valence-electron chi connectivity index (χ2n) is 3.74. The zero-order chi connectivity index (χ0) is 11.6. The van der Waals surface area contributed by atoms with E-state index in [0.717, 1.165) is 12.0 Å². The molecule has 1 aromatic carbocycles. The molecule has 0 spiro atoms. The van der Waals surface area contributed by atoms with Crippen molar-refractivity contribution in [1.82, 2.24) is 0 Å². The Kier molecular flexibility index (Phi) is 3.87. The van der Waals surface area contributed by atoms with Gasteiger partial charge in [-0.3, -0.25) is 0 Å². The Morgan fingerprint density at radius 3 is 2.40 bits per heavy atom. The number of benzene rings is 1. The van der Waals surface area contributed by atoms with Crippen LogP contribution >= 0.6 is 23.2 Å². The first-order chi connectivity index (χ1) is 6.92. The van der Waals surface area contributed by atoms with E-state index in [2.05, 4.69) is 0 Å². The third-order valence-electron chi connectivity index (χ3n) is 2.59. The number of ether oxygens (including phenoxy) is 1. The fraction of sp³-hybridized carbons (Fsp3) is 0.455. The van der Waals surface area contributed by atoms with Gasteiger partial charge in [-0.1, -0.05) is 30.1 Å². The molecule has 84 valence electrons. The summed E-state index contributed by atoms with van der Waals surface area (Å²) >= 11 is 12.2. The van der Waals surface area contributed by atoms with Gasteiger partial charge in [-0.05, 0) is 25.0 Å². The van der Waals surface area contributed by atoms with Gasteiger partial charge in [-0.25, -0.2) is 0 Å². The Morgan fingerprint density at radius 1 is 1.33 bits per heavy atom. The van der Waals surface area contributed by atoms with Crippen LogP contribution in [0.15, 0.2) is 12.1 Å². The van der Waals surface area contributed by atoms with Crippen molar-refractivity contribution in [2.75, 3.05) is 7.11 Å². The topological polar surface area (TPSA) is 35.2 Å². The van der Waals surface area contributed by atoms with Crippen molar-refractivity contribution in [3.63, 3.8) is 0 Å². The molecule has 0 amide bonds. The minimum Gasteiger partial charge on any atom is -0.495 e. The number of rotatable bonds is 3. The molecule has 0 radical (unpaired) electrons. The van der Waals surface area contributed by atoms with Crippen molar-refractivity contribution in [2.24, 2.45) is 5.73 Å². The average Bonchev–Trinajstić information content (AvgIpc) is 2.20. The Labute approximate surface area is 100 Å². The summed E-state index contributed by atoms with van der Waals surface area (Å²) in [5.74, 6) is 0.567. The summed E-state index contributed by atoms with van der Waals surface area (Å²) in [6.45, 7) is 3.94. The average molecular weight is 248 g/mol. The molecule has 0 bridgehead atoms. The minimum atomic E-state index is -0.465. The second-order valence-corrected chi connectivity index (χ2v) is 4.55. The fourth-order valence-corrected chi connectivity index (χ4v) is 1.92. The highest BCUT2D eigenvalue weighted by Crippen LogP contribution is 2.36. The van der Waals surface area contributed by atoms with Crippen LogP contribution in [0.5, 0.6) is 5.75 Å². The monoisotopic (exact) mass is 247 g/mol. The van der Waals surface area contributed by atoms with E-state index in [1.807, 2.05) is 13.8 Å². The zero-order valence-electron chi connectivity index (χ0n) is 9.10. The van der Waals surface area contributed by atoms with Crippen LogP contribution in [-0.4, -0.2) is 7.11 Å². The third-order valence-corrected chi connectivity index (χ3v) is 3.20. The molecular weight excluding hydrogens is 233 g/mol. The van der Waals surface area contributed by atoms with Crippen molar-refractivity contribution in [3.05, 3.63) is 27.7 Å². The molecule has 2 nitrogen and oxygen atoms in total. The van der Waals surface area contributed by atoms with Crippen LogP contribution in [0.1, 0.15) is 25.8 Å². The van der Waals surface area contributed by atoms with Crippen LogP contribution in [0.25, 0.3) is 0 Å². The van der Waals surface area contributed by atoms with Gasteiger partial charge < -0.3 is 10.5 Å². The summed E-state index contributed by atoms with van der Waals surface area (Å²) < 4.78 is 5.07. The van der Waals surface area contributed by atoms with Gasteiger partial charge in [0.25, 0.3) is 0 Å². The highest BCUT2D eigenvalue weighted by atomic mass is 35.5. The molecule has 0 fully saturated rings. The van der Waals surface area contributed by atoms with Crippen LogP contribution in [0, 0.1) is 0 Å². The molecule has 1 unspecified atom stereocenters. The van der Waals surface area contributed by atoms with Crippen LogP contribution in [0.2, 0.25) is 10.0 Å². The van der Waals surface area contributed by atoms with Crippen LogP contribution in [0.4, 0.5) is 0 Å². The molecule has 0 heterocycles. The predicted octanol–water partition coefficient (Wildman–Crippen LogP) is 3.59. The molecule has 2 N–H and O–H groups in total. The lowest BCUT2D eigenvalue weighted by Gasteiger charge is -2.25. The van der Waals surface area contributed by atoms with Gasteiger partial charge in [0.1, 0.15) is 5.75 Å². The maximum Gasteiger partial charge on any atom is 0.138 e. The third kappa shape index (κ3) is 2.57. The van der Waals surface area contributed by atoms with Gasteiger partial charge in [0, 0.05) is 16.6 Å². The summed E-state index contributed by atoms with van der Waals surface area (Å²) in [6.07, 6.45) is 0.787. The number of methoxy groups -OCH3 is 1. The van der Waals surface area contributed by atoms with Crippen molar-refractivity contribution in [3.8, 4) is 5.75 Å². The number of nitrogens with two attached hydrogens (primary N) is 1. The summed E-state index contributed by atoms with van der Waals surface area (Å²) in [5.41, 5.74) is 6.49. The Hall–Kier alpha value is -0.440. The minimum absolute atomic E-state index is 0.465. The van der Waals surface area contributed by atoms with Crippen LogP contribution < -0.4 is 10.5 Å². The van der Waals surface area contributed by atoms with E-state index in [1.165, 1.54) is 0 Å². The summed E-state index contributed by atoms with van der Waals surface area (Å²) in [6, 6.07) is 3.46. The molecule has 0 aromatic heterocycles. The molecule has 0 saturated carbocycles. The maximum absolute atomic E-state index is 6.12. The van der Waals surface area contributed by atoms with Gasteiger partial charge in [0.05, 0.1) is 12.1 Å². The molecule has 0 saturated heterocycles. The summed E-state index contributed by atoms with van der Waals surface area (Å²) in [7, 11) is 1.55. The highest BCUT2D eigenvalue weighted by molar-refractivity contribution is 6.34. The first kappa shape index (κ1) is 12.6. The van der Waals surface area contributed by atoms with Gasteiger partial charge in [0.2, 0.25) is 0 Å². The zero-order valence-corrected chi connectivity index (χ0v) is 10.6. The van der Waals surface area contributed by atoms with E-state index in [1.54, 1.807) is 19.2 Å². The summed E-state index contributed by atoms with van der Waals surface area (Å²) in [5, 5.41) is 1.12. The Balaban J connectivity index is 3.28. The van der Waals surface area contributed by atoms with Crippen molar-refractivity contribution < 1.29 is 4.74 Å². The lowest BCUT2D eigenvalue weighted by atomic mass is 9.90. The normalized spacial score (nSPS) is 14.8. The molecular formula is C11H15Cl2NO. The van der Waals surface area contributed by atoms with Crippen molar-refractivity contribution in [2.45, 2.75) is 25.8 Å². The lowest BCUT2D eigenvalue weighted by Crippen LogP contribution is -2.32. The molecule has 4 heteroatoms. The first-order valence-corrected chi connectivity index (χ1v) is 5.50. The maximum atomic E-state index is 6.12. The van der Waals surface area contributed by atoms with E-state index in [4.69, 9.17) is 33.7 Å². The number of halogens is 2. The number of hydrogen-bond donors (Lipinski definition) is 1. The quantitative estimate of drug-likeness (QED) is 0.887. The molecule has 0 aliphatic rings. The molecule has 0 aliphatic carbocycles. The van der Waals surface area contributed by atoms with Crippen molar-refractivity contribution in [1.29, 1.82) is 0 Å². The molecule has 0 aliphatic heterocycles. The fourth-order valence-electron chi connectivity index (χ4n) is 1.31. The van der Waals surface area contributed by atoms with Gasteiger partial charge in [-0.15, -0.1) is 0 Å². The SMILES string of the molecule is CCC(C)(N)c1cc(Cl)c(OC)cc1Cl. The highest BCUT2D eigenvalue weighted by Gasteiger charge is 2.23. The standard InChI is InChI=1S/C11H15Cl2NO/c1-4-11(2,14)7-5-9(13)10(15-3)6-8(7)12/h5-6H,4,14H2,1-3H3. The van der Waals surface area contributed by atoms with Crippen LogP contribution in [-0.2, 0) is 5.54 Å². The molecule has 1 atom stereocenters. The molecule has 1 aromatic rings. The van der Waals surface area contributed by atoms with E-state index in [9.17, 15) is 0 Å². The van der Waals surface area contributed by atoms with E-state index in [-0.39, 0.29) is 0 Å². The lowest BCUT2D eigenvalue weighted by molar-refractivity contribution is 0.413. The first-order valence-electron chi connectivity index (χ1n) is 4.74. The largest absolute Gasteiger partial charge is 0.495 e. The smallest absolute Gasteiger partial charge is 0.138 e. The van der Waals surface area contributed by atoms with Gasteiger partial charge in [-0.2, -0.15) is 0 Å². The predicted molar refractivity (Wildman–Crippen MR) is 64.8 cm³/mol.